The van der Waals surface area contributed by atoms with Crippen molar-refractivity contribution in [2.75, 3.05) is 14.2 Å². The summed E-state index contributed by atoms with van der Waals surface area (Å²) in [6.45, 7) is 2.03. The molecule has 0 bridgehead atoms. The van der Waals surface area contributed by atoms with E-state index in [1.54, 1.807) is 44.6 Å². The van der Waals surface area contributed by atoms with Gasteiger partial charge in [-0.25, -0.2) is 4.39 Å². The fraction of sp³-hybridized carbons (Fsp3) is 0.182. The van der Waals surface area contributed by atoms with Crippen LogP contribution in [0.5, 0.6) is 11.5 Å². The zero-order chi connectivity index (χ0) is 29.5. The van der Waals surface area contributed by atoms with Crippen LogP contribution < -0.4 is 14.8 Å². The number of hydrogen-bond acceptors (Lipinski definition) is 6. The number of benzene rings is 4. The quantitative estimate of drug-likeness (QED) is 0.174. The summed E-state index contributed by atoms with van der Waals surface area (Å²) in [6.07, 6.45) is 0.486. The van der Waals surface area contributed by atoms with Gasteiger partial charge in [-0.2, -0.15) is 0 Å². The summed E-state index contributed by atoms with van der Waals surface area (Å²) < 4.78 is 26.2. The molecule has 214 valence electrons. The topological polar surface area (TPSA) is 78.3 Å². The molecule has 5 aromatic rings. The Morgan fingerprint density at radius 1 is 0.881 bits per heavy atom. The number of aryl methyl sites for hydroxylation is 1. The van der Waals surface area contributed by atoms with Crippen LogP contribution in [0.1, 0.15) is 38.9 Å². The number of hydrogen-bond donors (Lipinski definition) is 1. The molecule has 42 heavy (non-hydrogen) atoms. The molecule has 0 saturated carbocycles. The van der Waals surface area contributed by atoms with Crippen molar-refractivity contribution in [1.29, 1.82) is 0 Å². The zero-order valence-electron chi connectivity index (χ0n) is 23.6. The van der Waals surface area contributed by atoms with Gasteiger partial charge >= 0.3 is 0 Å². The number of methoxy groups -OCH3 is 2. The smallest absolute Gasteiger partial charge is 0.252 e. The van der Waals surface area contributed by atoms with Crippen LogP contribution in [0.15, 0.2) is 102 Å². The maximum atomic E-state index is 13.7. The first-order valence-corrected chi connectivity index (χ1v) is 14.4. The highest BCUT2D eigenvalue weighted by Gasteiger charge is 2.26. The minimum Gasteiger partial charge on any atom is -0.497 e. The average Bonchev–Trinajstić information content (AvgIpc) is 3.45. The Labute approximate surface area is 248 Å². The summed E-state index contributed by atoms with van der Waals surface area (Å²) in [6, 6.07) is 29.0. The van der Waals surface area contributed by atoms with E-state index in [0.29, 0.717) is 40.2 Å². The van der Waals surface area contributed by atoms with Crippen LogP contribution in [0, 0.1) is 12.7 Å². The van der Waals surface area contributed by atoms with Gasteiger partial charge in [0.1, 0.15) is 17.3 Å². The molecule has 0 aliphatic carbocycles. The van der Waals surface area contributed by atoms with Crippen molar-refractivity contribution in [2.45, 2.75) is 30.3 Å². The number of nitrogens with zero attached hydrogens (tertiary/aromatic N) is 3. The van der Waals surface area contributed by atoms with Crippen LogP contribution in [0.2, 0.25) is 0 Å². The van der Waals surface area contributed by atoms with Gasteiger partial charge in [0, 0.05) is 23.1 Å². The van der Waals surface area contributed by atoms with Crippen molar-refractivity contribution < 1.29 is 18.7 Å². The van der Waals surface area contributed by atoms with Crippen LogP contribution in [-0.2, 0) is 12.2 Å². The molecule has 4 aromatic carbocycles. The number of carbonyl (C=O) groups excluding carboxylic acids is 1. The Morgan fingerprint density at radius 3 is 2.19 bits per heavy atom. The summed E-state index contributed by atoms with van der Waals surface area (Å²) in [5.74, 6) is 1.62. The highest BCUT2D eigenvalue weighted by atomic mass is 32.2. The van der Waals surface area contributed by atoms with Crippen LogP contribution in [0.4, 0.5) is 4.39 Å². The van der Waals surface area contributed by atoms with E-state index < -0.39 is 6.04 Å². The Hall–Kier alpha value is -4.63. The van der Waals surface area contributed by atoms with Crippen LogP contribution in [-0.4, -0.2) is 34.9 Å². The van der Waals surface area contributed by atoms with Crippen LogP contribution in [0.25, 0.3) is 5.69 Å². The number of amides is 1. The third-order valence-corrected chi connectivity index (χ3v) is 7.75. The van der Waals surface area contributed by atoms with Gasteiger partial charge in [0.25, 0.3) is 5.91 Å². The predicted octanol–water partition coefficient (Wildman–Crippen LogP) is 6.74. The first-order valence-electron chi connectivity index (χ1n) is 13.4. The van der Waals surface area contributed by atoms with Crippen molar-refractivity contribution in [1.82, 2.24) is 20.1 Å². The fourth-order valence-corrected chi connectivity index (χ4v) is 5.42. The van der Waals surface area contributed by atoms with E-state index in [2.05, 4.69) is 15.5 Å². The van der Waals surface area contributed by atoms with Gasteiger partial charge in [0.2, 0.25) is 0 Å². The van der Waals surface area contributed by atoms with Gasteiger partial charge in [-0.15, -0.1) is 10.2 Å². The molecule has 1 unspecified atom stereocenters. The van der Waals surface area contributed by atoms with Crippen molar-refractivity contribution >= 4 is 17.7 Å². The molecule has 1 N–H and O–H groups in total. The summed E-state index contributed by atoms with van der Waals surface area (Å²) in [5.41, 5.74) is 4.39. The number of nitrogens with one attached hydrogen (secondary N) is 1. The zero-order valence-corrected chi connectivity index (χ0v) is 24.4. The molecule has 5 rings (SSSR count). The lowest BCUT2D eigenvalue weighted by atomic mass is 10.0. The lowest BCUT2D eigenvalue weighted by Gasteiger charge is -2.21. The van der Waals surface area contributed by atoms with Crippen molar-refractivity contribution in [3.8, 4) is 17.2 Å². The fourth-order valence-electron chi connectivity index (χ4n) is 4.50. The van der Waals surface area contributed by atoms with E-state index in [0.717, 1.165) is 22.4 Å². The number of rotatable bonds is 11. The first kappa shape index (κ1) is 28.9. The molecule has 0 fully saturated rings. The number of halogens is 1. The maximum absolute atomic E-state index is 13.7. The SMILES string of the molecule is COc1cc(OC)cc(C(=O)NC(Cc2ccccc2)c2nnc(SCc3ccc(F)cc3)n2-c2ccc(C)cc2)c1. The van der Waals surface area contributed by atoms with Gasteiger partial charge in [-0.05, 0) is 60.9 Å². The first-order chi connectivity index (χ1) is 20.4. The monoisotopic (exact) mass is 582 g/mol. The normalized spacial score (nSPS) is 11.6. The molecule has 7 nitrogen and oxygen atoms in total. The molecular formula is C33H31FN4O3S. The highest BCUT2D eigenvalue weighted by Crippen LogP contribution is 2.30. The maximum Gasteiger partial charge on any atom is 0.252 e. The second-order valence-corrected chi connectivity index (χ2v) is 10.7. The lowest BCUT2D eigenvalue weighted by Crippen LogP contribution is -2.32. The van der Waals surface area contributed by atoms with Crippen molar-refractivity contribution in [3.63, 3.8) is 0 Å². The second kappa shape index (κ2) is 13.4. The standard InChI is InChI=1S/C33H31FN4O3S/c1-22-9-15-27(16-10-22)38-31(36-37-33(38)42-21-24-11-13-26(34)14-12-24)30(17-23-7-5-4-6-8-23)35-32(39)25-18-28(40-2)20-29(19-25)41-3/h4-16,18-20,30H,17,21H2,1-3H3,(H,35,39). The summed E-state index contributed by atoms with van der Waals surface area (Å²) in [4.78, 5) is 13.7. The van der Waals surface area contributed by atoms with Crippen molar-refractivity contribution in [2.24, 2.45) is 0 Å². The molecule has 0 saturated heterocycles. The van der Waals surface area contributed by atoms with Crippen molar-refractivity contribution in [3.05, 3.63) is 131 Å². The predicted molar refractivity (Wildman–Crippen MR) is 162 cm³/mol. The molecule has 0 aliphatic heterocycles. The van der Waals surface area contributed by atoms with Gasteiger partial charge in [0.15, 0.2) is 11.0 Å². The Kier molecular flexibility index (Phi) is 9.18. The third-order valence-electron chi connectivity index (χ3n) is 6.75. The van der Waals surface area contributed by atoms with Gasteiger partial charge in [-0.3, -0.25) is 9.36 Å². The molecule has 9 heteroatoms. The third kappa shape index (κ3) is 6.98. The summed E-state index contributed by atoms with van der Waals surface area (Å²) >= 11 is 1.50. The number of aromatic nitrogens is 3. The second-order valence-electron chi connectivity index (χ2n) is 9.74. The van der Waals surface area contributed by atoms with Crippen LogP contribution >= 0.6 is 11.8 Å². The number of carbonyl (C=O) groups is 1. The van der Waals surface area contributed by atoms with E-state index in [1.807, 2.05) is 66.1 Å². The molecule has 0 radical (unpaired) electrons. The van der Waals surface area contributed by atoms with E-state index in [1.165, 1.54) is 23.9 Å². The number of thioether (sulfide) groups is 1. The number of ether oxygens (including phenoxy) is 2. The average molecular weight is 583 g/mol. The molecular weight excluding hydrogens is 551 g/mol. The Balaban J connectivity index is 1.54. The van der Waals surface area contributed by atoms with Crippen LogP contribution in [0.3, 0.4) is 0 Å². The van der Waals surface area contributed by atoms with E-state index in [-0.39, 0.29) is 11.7 Å². The van der Waals surface area contributed by atoms with Gasteiger partial charge < -0.3 is 14.8 Å². The van der Waals surface area contributed by atoms with Gasteiger partial charge in [-0.1, -0.05) is 71.9 Å². The molecule has 0 spiro atoms. The molecule has 0 aliphatic rings. The minimum absolute atomic E-state index is 0.276. The Morgan fingerprint density at radius 2 is 1.55 bits per heavy atom. The van der Waals surface area contributed by atoms with E-state index in [9.17, 15) is 9.18 Å². The Bertz CT molecular complexity index is 1620. The molecule has 1 amide bonds. The van der Waals surface area contributed by atoms with Gasteiger partial charge in [0.05, 0.1) is 20.3 Å². The summed E-state index contributed by atoms with van der Waals surface area (Å²) in [7, 11) is 3.09. The van der Waals surface area contributed by atoms with E-state index >= 15 is 0 Å². The van der Waals surface area contributed by atoms with E-state index in [4.69, 9.17) is 9.47 Å². The summed E-state index contributed by atoms with van der Waals surface area (Å²) in [5, 5.41) is 13.0. The molecule has 1 aromatic heterocycles. The largest absolute Gasteiger partial charge is 0.497 e. The minimum atomic E-state index is -0.522. The highest BCUT2D eigenvalue weighted by molar-refractivity contribution is 7.98. The lowest BCUT2D eigenvalue weighted by molar-refractivity contribution is 0.0933. The molecule has 1 heterocycles. The molecule has 1 atom stereocenters.